The van der Waals surface area contributed by atoms with Crippen molar-refractivity contribution in [3.05, 3.63) is 101 Å². The lowest BCUT2D eigenvalue weighted by atomic mass is 10.0. The molecular weight excluding hydrogens is 406 g/mol. The Bertz CT molecular complexity index is 1150. The standard InChI is InChI=1S/C25H23N3O2S/c29-24(20-7-4-10-26-14-20)19-8-9-23-21(13-19)16-28(11-12-30-23)17-22-15-27-25(31-22)18-5-2-1-3-6-18/h1-10,13-15,24,29H,11-12,16-17H2. The molecule has 2 aromatic heterocycles. The molecule has 0 bridgehead atoms. The molecule has 3 heterocycles. The van der Waals surface area contributed by atoms with Crippen LogP contribution in [0.15, 0.2) is 79.3 Å². The van der Waals surface area contributed by atoms with Gasteiger partial charge in [0.1, 0.15) is 23.5 Å². The number of aliphatic hydroxyl groups excluding tert-OH is 1. The first-order valence-electron chi connectivity index (χ1n) is 10.3. The summed E-state index contributed by atoms with van der Waals surface area (Å²) in [6, 6.07) is 20.0. The lowest BCUT2D eigenvalue weighted by Gasteiger charge is -2.19. The number of thiazole rings is 1. The van der Waals surface area contributed by atoms with Crippen molar-refractivity contribution in [2.75, 3.05) is 13.2 Å². The van der Waals surface area contributed by atoms with Crippen molar-refractivity contribution in [1.82, 2.24) is 14.9 Å². The molecule has 1 aliphatic heterocycles. The third-order valence-corrected chi connectivity index (χ3v) is 6.44. The summed E-state index contributed by atoms with van der Waals surface area (Å²) in [6.45, 7) is 3.07. The molecular formula is C25H23N3O2S. The maximum Gasteiger partial charge on any atom is 0.123 e. The molecule has 156 valence electrons. The third kappa shape index (κ3) is 4.51. The second kappa shape index (κ2) is 8.98. The molecule has 1 aliphatic rings. The summed E-state index contributed by atoms with van der Waals surface area (Å²) in [5.41, 5.74) is 3.87. The molecule has 1 atom stereocenters. The first-order valence-corrected chi connectivity index (χ1v) is 11.1. The predicted octanol–water partition coefficient (Wildman–Crippen LogP) is 4.68. The lowest BCUT2D eigenvalue weighted by molar-refractivity contribution is 0.219. The van der Waals surface area contributed by atoms with Gasteiger partial charge in [-0.15, -0.1) is 11.3 Å². The van der Waals surface area contributed by atoms with Gasteiger partial charge in [0.25, 0.3) is 0 Å². The van der Waals surface area contributed by atoms with Crippen LogP contribution in [-0.2, 0) is 13.1 Å². The summed E-state index contributed by atoms with van der Waals surface area (Å²) < 4.78 is 5.98. The molecule has 6 heteroatoms. The minimum absolute atomic E-state index is 0.641. The van der Waals surface area contributed by atoms with Crippen molar-refractivity contribution in [2.24, 2.45) is 0 Å². The molecule has 31 heavy (non-hydrogen) atoms. The van der Waals surface area contributed by atoms with Gasteiger partial charge in [-0.3, -0.25) is 9.88 Å². The van der Waals surface area contributed by atoms with Crippen molar-refractivity contribution in [1.29, 1.82) is 0 Å². The Hall–Kier alpha value is -3.06. The number of aliphatic hydroxyl groups is 1. The maximum atomic E-state index is 10.8. The monoisotopic (exact) mass is 429 g/mol. The molecule has 4 aromatic rings. The normalized spacial score (nSPS) is 15.0. The van der Waals surface area contributed by atoms with Crippen molar-refractivity contribution in [3.63, 3.8) is 0 Å². The SMILES string of the molecule is OC(c1cccnc1)c1ccc2c(c1)CN(Cc1cnc(-c3ccccc3)s1)CCO2. The summed E-state index contributed by atoms with van der Waals surface area (Å²) in [5.74, 6) is 0.888. The van der Waals surface area contributed by atoms with E-state index in [1.54, 1.807) is 23.7 Å². The summed E-state index contributed by atoms with van der Waals surface area (Å²) in [6.07, 6.45) is 4.68. The molecule has 0 spiro atoms. The third-order valence-electron chi connectivity index (χ3n) is 5.41. The van der Waals surface area contributed by atoms with Crippen LogP contribution in [0.4, 0.5) is 0 Å². The largest absolute Gasteiger partial charge is 0.492 e. The molecule has 1 unspecified atom stereocenters. The number of aromatic nitrogens is 2. The number of pyridine rings is 1. The Kier molecular flexibility index (Phi) is 5.76. The Morgan fingerprint density at radius 2 is 1.94 bits per heavy atom. The number of benzene rings is 2. The summed E-state index contributed by atoms with van der Waals surface area (Å²) in [7, 11) is 0. The highest BCUT2D eigenvalue weighted by molar-refractivity contribution is 7.15. The number of hydrogen-bond donors (Lipinski definition) is 1. The van der Waals surface area contributed by atoms with E-state index in [4.69, 9.17) is 4.74 Å². The fourth-order valence-corrected chi connectivity index (χ4v) is 4.78. The lowest BCUT2D eigenvalue weighted by Crippen LogP contribution is -2.24. The first-order chi connectivity index (χ1) is 15.3. The van der Waals surface area contributed by atoms with Gasteiger partial charge in [0.2, 0.25) is 0 Å². The van der Waals surface area contributed by atoms with Crippen LogP contribution in [0.25, 0.3) is 10.6 Å². The van der Waals surface area contributed by atoms with E-state index in [-0.39, 0.29) is 0 Å². The molecule has 5 rings (SSSR count). The van der Waals surface area contributed by atoms with Gasteiger partial charge in [-0.25, -0.2) is 4.98 Å². The van der Waals surface area contributed by atoms with Gasteiger partial charge in [-0.05, 0) is 23.8 Å². The zero-order valence-corrected chi connectivity index (χ0v) is 17.8. The smallest absolute Gasteiger partial charge is 0.123 e. The van der Waals surface area contributed by atoms with Crippen molar-refractivity contribution in [3.8, 4) is 16.3 Å². The molecule has 0 saturated heterocycles. The van der Waals surface area contributed by atoms with Crippen LogP contribution in [0.3, 0.4) is 0 Å². The average molecular weight is 430 g/mol. The number of fused-ring (bicyclic) bond motifs is 1. The van der Waals surface area contributed by atoms with E-state index in [0.717, 1.165) is 52.6 Å². The van der Waals surface area contributed by atoms with Gasteiger partial charge in [0.05, 0.1) is 0 Å². The number of hydrogen-bond acceptors (Lipinski definition) is 6. The molecule has 0 radical (unpaired) electrons. The Labute approximate surface area is 185 Å². The summed E-state index contributed by atoms with van der Waals surface area (Å²) in [4.78, 5) is 12.3. The van der Waals surface area contributed by atoms with Crippen LogP contribution in [0.5, 0.6) is 5.75 Å². The van der Waals surface area contributed by atoms with Crippen LogP contribution in [-0.4, -0.2) is 33.1 Å². The van der Waals surface area contributed by atoms with Crippen LogP contribution < -0.4 is 4.74 Å². The molecule has 0 saturated carbocycles. The van der Waals surface area contributed by atoms with E-state index in [0.29, 0.717) is 6.61 Å². The van der Waals surface area contributed by atoms with Crippen LogP contribution in [0.2, 0.25) is 0 Å². The molecule has 0 fully saturated rings. The maximum absolute atomic E-state index is 10.8. The molecule has 5 nitrogen and oxygen atoms in total. The Morgan fingerprint density at radius 1 is 1.03 bits per heavy atom. The summed E-state index contributed by atoms with van der Waals surface area (Å²) in [5, 5.41) is 11.8. The average Bonchev–Trinajstić information content (AvgIpc) is 3.19. The van der Waals surface area contributed by atoms with Crippen molar-refractivity contribution < 1.29 is 9.84 Å². The fourth-order valence-electron chi connectivity index (χ4n) is 3.82. The topological polar surface area (TPSA) is 58.5 Å². The zero-order chi connectivity index (χ0) is 21.0. The van der Waals surface area contributed by atoms with E-state index in [1.807, 2.05) is 54.7 Å². The van der Waals surface area contributed by atoms with E-state index in [1.165, 1.54) is 4.88 Å². The molecule has 2 aromatic carbocycles. The number of rotatable bonds is 5. The molecule has 0 aliphatic carbocycles. The summed E-state index contributed by atoms with van der Waals surface area (Å²) >= 11 is 1.73. The fraction of sp³-hybridized carbons (Fsp3) is 0.200. The van der Waals surface area contributed by atoms with E-state index >= 15 is 0 Å². The van der Waals surface area contributed by atoms with Crippen molar-refractivity contribution in [2.45, 2.75) is 19.2 Å². The van der Waals surface area contributed by atoms with Gasteiger partial charge >= 0.3 is 0 Å². The second-order valence-corrected chi connectivity index (χ2v) is 8.73. The molecule has 0 amide bonds. The van der Waals surface area contributed by atoms with E-state index < -0.39 is 6.10 Å². The van der Waals surface area contributed by atoms with Gasteiger partial charge < -0.3 is 9.84 Å². The van der Waals surface area contributed by atoms with Gasteiger partial charge in [0.15, 0.2) is 0 Å². The van der Waals surface area contributed by atoms with Gasteiger partial charge in [-0.2, -0.15) is 0 Å². The van der Waals surface area contributed by atoms with E-state index in [2.05, 4.69) is 27.0 Å². The number of nitrogens with zero attached hydrogens (tertiary/aromatic N) is 3. The van der Waals surface area contributed by atoms with Gasteiger partial charge in [-0.1, -0.05) is 42.5 Å². The Balaban J connectivity index is 1.33. The first kappa shape index (κ1) is 19.9. The predicted molar refractivity (Wildman–Crippen MR) is 122 cm³/mol. The minimum atomic E-state index is -0.703. The second-order valence-electron chi connectivity index (χ2n) is 7.61. The van der Waals surface area contributed by atoms with Crippen molar-refractivity contribution >= 4 is 11.3 Å². The highest BCUT2D eigenvalue weighted by atomic mass is 32.1. The minimum Gasteiger partial charge on any atom is -0.492 e. The van der Waals surface area contributed by atoms with Gasteiger partial charge in [0, 0.05) is 59.8 Å². The highest BCUT2D eigenvalue weighted by Gasteiger charge is 2.19. The number of ether oxygens (including phenoxy) is 1. The van der Waals surface area contributed by atoms with E-state index in [9.17, 15) is 5.11 Å². The highest BCUT2D eigenvalue weighted by Crippen LogP contribution is 2.31. The quantitative estimate of drug-likeness (QED) is 0.499. The zero-order valence-electron chi connectivity index (χ0n) is 17.0. The van der Waals surface area contributed by atoms with Crippen LogP contribution in [0.1, 0.15) is 27.7 Å². The van der Waals surface area contributed by atoms with Crippen LogP contribution in [0, 0.1) is 0 Å². The molecule has 1 N–H and O–H groups in total. The Morgan fingerprint density at radius 3 is 2.77 bits per heavy atom. The van der Waals surface area contributed by atoms with Crippen LogP contribution >= 0.6 is 11.3 Å².